The summed E-state index contributed by atoms with van der Waals surface area (Å²) in [5.74, 6) is -0.166. The third kappa shape index (κ3) is 5.50. The highest BCUT2D eigenvalue weighted by Gasteiger charge is 2.19. The molecule has 0 bridgehead atoms. The minimum absolute atomic E-state index is 0.0769. The molecule has 22 heavy (non-hydrogen) atoms. The fourth-order valence-electron chi connectivity index (χ4n) is 1.88. The molecule has 0 aliphatic heterocycles. The zero-order valence-corrected chi connectivity index (χ0v) is 15.0. The summed E-state index contributed by atoms with van der Waals surface area (Å²) < 4.78 is 25.1. The van der Waals surface area contributed by atoms with Gasteiger partial charge in [0.1, 0.15) is 0 Å². The molecule has 0 saturated heterocycles. The summed E-state index contributed by atoms with van der Waals surface area (Å²) in [6.07, 6.45) is 2.05. The Morgan fingerprint density at radius 3 is 2.55 bits per heavy atom. The molecule has 124 valence electrons. The van der Waals surface area contributed by atoms with Crippen LogP contribution in [0.25, 0.3) is 0 Å². The van der Waals surface area contributed by atoms with Gasteiger partial charge in [0, 0.05) is 24.0 Å². The Kier molecular flexibility index (Phi) is 6.68. The molecule has 7 heteroatoms. The van der Waals surface area contributed by atoms with Gasteiger partial charge in [-0.2, -0.15) is 0 Å². The van der Waals surface area contributed by atoms with Crippen LogP contribution in [-0.2, 0) is 14.8 Å². The lowest BCUT2D eigenvalue weighted by molar-refractivity contribution is -0.121. The van der Waals surface area contributed by atoms with Crippen molar-refractivity contribution in [1.29, 1.82) is 0 Å². The van der Waals surface area contributed by atoms with Crippen LogP contribution in [0.15, 0.2) is 18.2 Å². The molecule has 1 rings (SSSR count). The van der Waals surface area contributed by atoms with E-state index in [1.165, 1.54) is 4.31 Å². The van der Waals surface area contributed by atoms with Gasteiger partial charge in [-0.3, -0.25) is 9.10 Å². The lowest BCUT2D eigenvalue weighted by atomic mass is 10.2. The average Bonchev–Trinajstić information content (AvgIpc) is 2.41. The van der Waals surface area contributed by atoms with Crippen LogP contribution < -0.4 is 9.62 Å². The Morgan fingerprint density at radius 2 is 2.05 bits per heavy atom. The summed E-state index contributed by atoms with van der Waals surface area (Å²) in [6, 6.07) is 5.13. The lowest BCUT2D eigenvalue weighted by Crippen LogP contribution is -2.37. The van der Waals surface area contributed by atoms with Crippen LogP contribution >= 0.6 is 11.6 Å². The fourth-order valence-corrected chi connectivity index (χ4v) is 2.97. The van der Waals surface area contributed by atoms with Gasteiger partial charge in [-0.05, 0) is 38.0 Å². The number of amides is 1. The first-order valence-corrected chi connectivity index (χ1v) is 9.41. The first-order chi connectivity index (χ1) is 10.1. The van der Waals surface area contributed by atoms with Crippen LogP contribution in [0, 0.1) is 6.92 Å². The van der Waals surface area contributed by atoms with Crippen LogP contribution in [0.5, 0.6) is 0 Å². The molecule has 0 aromatic heterocycles. The molecule has 1 aromatic rings. The predicted octanol–water partition coefficient (Wildman–Crippen LogP) is 2.72. The zero-order chi connectivity index (χ0) is 16.9. The Labute approximate surface area is 137 Å². The summed E-state index contributed by atoms with van der Waals surface area (Å²) >= 11 is 6.06. The number of sulfonamides is 1. The zero-order valence-electron chi connectivity index (χ0n) is 13.4. The number of hydrogen-bond acceptors (Lipinski definition) is 3. The fraction of sp³-hybridized carbons (Fsp3) is 0.533. The number of carbonyl (C=O) groups is 1. The maximum atomic E-state index is 12.0. The first-order valence-electron chi connectivity index (χ1n) is 7.18. The van der Waals surface area contributed by atoms with Gasteiger partial charge >= 0.3 is 0 Å². The first kappa shape index (κ1) is 18.8. The second kappa shape index (κ2) is 7.83. The van der Waals surface area contributed by atoms with Gasteiger partial charge in [-0.1, -0.05) is 24.6 Å². The quantitative estimate of drug-likeness (QED) is 0.825. The maximum absolute atomic E-state index is 12.0. The summed E-state index contributed by atoms with van der Waals surface area (Å²) in [6.45, 7) is 5.81. The number of hydrogen-bond donors (Lipinski definition) is 1. The second-order valence-corrected chi connectivity index (χ2v) is 7.71. The van der Waals surface area contributed by atoms with Gasteiger partial charge in [-0.25, -0.2) is 8.42 Å². The average molecular weight is 347 g/mol. The van der Waals surface area contributed by atoms with Crippen molar-refractivity contribution < 1.29 is 13.2 Å². The van der Waals surface area contributed by atoms with Crippen molar-refractivity contribution in [1.82, 2.24) is 5.32 Å². The molecule has 0 aliphatic rings. The summed E-state index contributed by atoms with van der Waals surface area (Å²) in [5.41, 5.74) is 1.34. The van der Waals surface area contributed by atoms with E-state index in [9.17, 15) is 13.2 Å². The van der Waals surface area contributed by atoms with Crippen molar-refractivity contribution in [3.05, 3.63) is 28.8 Å². The molecular weight excluding hydrogens is 324 g/mol. The van der Waals surface area contributed by atoms with Gasteiger partial charge in [0.05, 0.1) is 11.9 Å². The third-order valence-electron chi connectivity index (χ3n) is 3.41. The smallest absolute Gasteiger partial charge is 0.232 e. The van der Waals surface area contributed by atoms with Crippen molar-refractivity contribution in [2.24, 2.45) is 0 Å². The van der Waals surface area contributed by atoms with Gasteiger partial charge in [-0.15, -0.1) is 0 Å². The summed E-state index contributed by atoms with van der Waals surface area (Å²) in [7, 11) is -3.48. The number of anilines is 1. The van der Waals surface area contributed by atoms with Crippen molar-refractivity contribution in [3.63, 3.8) is 0 Å². The molecule has 0 radical (unpaired) electrons. The van der Waals surface area contributed by atoms with Crippen molar-refractivity contribution in [2.45, 2.75) is 39.7 Å². The highest BCUT2D eigenvalue weighted by molar-refractivity contribution is 7.92. The summed E-state index contributed by atoms with van der Waals surface area (Å²) in [5, 5.41) is 3.32. The van der Waals surface area contributed by atoms with Crippen molar-refractivity contribution >= 4 is 33.2 Å². The SMILES string of the molecule is CCC(C)NC(=O)CCN(c1ccc(C)c(Cl)c1)S(C)(=O)=O. The van der Waals surface area contributed by atoms with E-state index in [1.54, 1.807) is 18.2 Å². The summed E-state index contributed by atoms with van der Waals surface area (Å²) in [4.78, 5) is 11.8. The number of aryl methyl sites for hydroxylation is 1. The minimum Gasteiger partial charge on any atom is -0.354 e. The molecule has 0 spiro atoms. The Bertz CT molecular complexity index is 632. The number of nitrogens with zero attached hydrogens (tertiary/aromatic N) is 1. The molecule has 1 N–H and O–H groups in total. The van der Waals surface area contributed by atoms with E-state index in [2.05, 4.69) is 5.32 Å². The number of carbonyl (C=O) groups excluding carboxylic acids is 1. The van der Waals surface area contributed by atoms with E-state index >= 15 is 0 Å². The molecule has 5 nitrogen and oxygen atoms in total. The van der Waals surface area contributed by atoms with Crippen molar-refractivity contribution in [3.8, 4) is 0 Å². The van der Waals surface area contributed by atoms with Crippen LogP contribution in [-0.4, -0.2) is 33.2 Å². The predicted molar refractivity (Wildman–Crippen MR) is 90.9 cm³/mol. The Balaban J connectivity index is 2.87. The van der Waals surface area contributed by atoms with E-state index in [4.69, 9.17) is 11.6 Å². The largest absolute Gasteiger partial charge is 0.354 e. The molecule has 1 unspecified atom stereocenters. The monoisotopic (exact) mass is 346 g/mol. The molecule has 0 fully saturated rings. The number of halogens is 1. The Hall–Kier alpha value is -1.27. The van der Waals surface area contributed by atoms with E-state index < -0.39 is 10.0 Å². The maximum Gasteiger partial charge on any atom is 0.232 e. The van der Waals surface area contributed by atoms with Crippen molar-refractivity contribution in [2.75, 3.05) is 17.1 Å². The number of nitrogens with one attached hydrogen (secondary N) is 1. The van der Waals surface area contributed by atoms with E-state index in [-0.39, 0.29) is 24.9 Å². The molecule has 0 aliphatic carbocycles. The van der Waals surface area contributed by atoms with Crippen LogP contribution in [0.3, 0.4) is 0 Å². The van der Waals surface area contributed by atoms with E-state index in [1.807, 2.05) is 20.8 Å². The van der Waals surface area contributed by atoms with Gasteiger partial charge in [0.15, 0.2) is 0 Å². The number of rotatable bonds is 7. The molecule has 1 amide bonds. The third-order valence-corrected chi connectivity index (χ3v) is 5.01. The molecule has 0 saturated carbocycles. The van der Waals surface area contributed by atoms with Gasteiger partial charge < -0.3 is 5.32 Å². The second-order valence-electron chi connectivity index (χ2n) is 5.40. The minimum atomic E-state index is -3.48. The van der Waals surface area contributed by atoms with Gasteiger partial charge in [0.25, 0.3) is 0 Å². The lowest BCUT2D eigenvalue weighted by Gasteiger charge is -2.23. The van der Waals surface area contributed by atoms with Crippen LogP contribution in [0.4, 0.5) is 5.69 Å². The van der Waals surface area contributed by atoms with Crippen LogP contribution in [0.1, 0.15) is 32.3 Å². The standard InChI is InChI=1S/C15H23ClN2O3S/c1-5-12(3)17-15(19)8-9-18(22(4,20)21)13-7-6-11(2)14(16)10-13/h6-7,10,12H,5,8-9H2,1-4H3,(H,17,19). The van der Waals surface area contributed by atoms with Gasteiger partial charge in [0.2, 0.25) is 15.9 Å². The van der Waals surface area contributed by atoms with E-state index in [0.29, 0.717) is 10.7 Å². The molecule has 1 atom stereocenters. The topological polar surface area (TPSA) is 66.5 Å². The number of benzene rings is 1. The normalized spacial score (nSPS) is 12.8. The van der Waals surface area contributed by atoms with E-state index in [0.717, 1.165) is 18.2 Å². The highest BCUT2D eigenvalue weighted by Crippen LogP contribution is 2.25. The molecular formula is C15H23ClN2O3S. The Morgan fingerprint density at radius 1 is 1.41 bits per heavy atom. The molecule has 0 heterocycles. The highest BCUT2D eigenvalue weighted by atomic mass is 35.5. The molecule has 1 aromatic carbocycles. The van der Waals surface area contributed by atoms with Crippen LogP contribution in [0.2, 0.25) is 5.02 Å².